The SMILES string of the molecule is NCc1ccc(-c2ccccc2C(F)(F)F)cn1. The topological polar surface area (TPSA) is 38.9 Å². The van der Waals surface area contributed by atoms with E-state index in [1.807, 2.05) is 0 Å². The van der Waals surface area contributed by atoms with Gasteiger partial charge in [-0.2, -0.15) is 13.2 Å². The lowest BCUT2D eigenvalue weighted by atomic mass is 10.0. The molecule has 1 aromatic carbocycles. The van der Waals surface area contributed by atoms with Crippen LogP contribution in [0.15, 0.2) is 42.6 Å². The van der Waals surface area contributed by atoms with Gasteiger partial charge in [0.25, 0.3) is 0 Å². The highest BCUT2D eigenvalue weighted by Gasteiger charge is 2.33. The minimum absolute atomic E-state index is 0.126. The Kier molecular flexibility index (Phi) is 3.34. The first-order valence-corrected chi connectivity index (χ1v) is 5.34. The summed E-state index contributed by atoms with van der Waals surface area (Å²) in [6.45, 7) is 0.265. The molecule has 1 aromatic heterocycles. The second-order valence-electron chi connectivity index (χ2n) is 3.79. The number of hydrogen-bond donors (Lipinski definition) is 1. The molecule has 1 heterocycles. The smallest absolute Gasteiger partial charge is 0.325 e. The zero-order valence-corrected chi connectivity index (χ0v) is 9.41. The number of rotatable bonds is 2. The van der Waals surface area contributed by atoms with Gasteiger partial charge < -0.3 is 5.73 Å². The fourth-order valence-electron chi connectivity index (χ4n) is 1.69. The molecule has 0 aliphatic carbocycles. The number of pyridine rings is 1. The summed E-state index contributed by atoms with van der Waals surface area (Å²) >= 11 is 0. The van der Waals surface area contributed by atoms with Crippen molar-refractivity contribution in [2.45, 2.75) is 12.7 Å². The Hall–Kier alpha value is -1.88. The molecule has 2 nitrogen and oxygen atoms in total. The van der Waals surface area contributed by atoms with E-state index in [-0.39, 0.29) is 12.1 Å². The average molecular weight is 252 g/mol. The van der Waals surface area contributed by atoms with E-state index in [1.165, 1.54) is 18.3 Å². The molecule has 0 aliphatic heterocycles. The van der Waals surface area contributed by atoms with Gasteiger partial charge in [0.15, 0.2) is 0 Å². The van der Waals surface area contributed by atoms with E-state index in [9.17, 15) is 13.2 Å². The highest BCUT2D eigenvalue weighted by atomic mass is 19.4. The molecule has 2 aromatic rings. The Morgan fingerprint density at radius 2 is 1.78 bits per heavy atom. The molecule has 0 atom stereocenters. The first-order valence-electron chi connectivity index (χ1n) is 5.34. The molecule has 0 aliphatic rings. The lowest BCUT2D eigenvalue weighted by Gasteiger charge is -2.12. The maximum atomic E-state index is 12.8. The molecule has 0 bridgehead atoms. The summed E-state index contributed by atoms with van der Waals surface area (Å²) in [5, 5.41) is 0. The van der Waals surface area contributed by atoms with Crippen molar-refractivity contribution in [3.63, 3.8) is 0 Å². The third-order valence-electron chi connectivity index (χ3n) is 2.58. The number of halogens is 3. The van der Waals surface area contributed by atoms with E-state index in [0.29, 0.717) is 11.3 Å². The van der Waals surface area contributed by atoms with Gasteiger partial charge in [-0.15, -0.1) is 0 Å². The van der Waals surface area contributed by atoms with Crippen LogP contribution in [0.1, 0.15) is 11.3 Å². The minimum atomic E-state index is -4.37. The normalized spacial score (nSPS) is 11.6. The Morgan fingerprint density at radius 3 is 2.33 bits per heavy atom. The van der Waals surface area contributed by atoms with Gasteiger partial charge in [0.1, 0.15) is 0 Å². The fraction of sp³-hybridized carbons (Fsp3) is 0.154. The zero-order chi connectivity index (χ0) is 13.2. The molecule has 0 spiro atoms. The van der Waals surface area contributed by atoms with Crippen LogP contribution in [0.25, 0.3) is 11.1 Å². The van der Waals surface area contributed by atoms with Crippen molar-refractivity contribution in [1.29, 1.82) is 0 Å². The van der Waals surface area contributed by atoms with Crippen molar-refractivity contribution < 1.29 is 13.2 Å². The average Bonchev–Trinajstić information content (AvgIpc) is 2.38. The fourth-order valence-corrected chi connectivity index (χ4v) is 1.69. The minimum Gasteiger partial charge on any atom is -0.325 e. The van der Waals surface area contributed by atoms with Crippen LogP contribution < -0.4 is 5.73 Å². The predicted octanol–water partition coefficient (Wildman–Crippen LogP) is 3.23. The molecule has 0 fully saturated rings. The van der Waals surface area contributed by atoms with Gasteiger partial charge in [0.05, 0.1) is 11.3 Å². The maximum Gasteiger partial charge on any atom is 0.417 e. The van der Waals surface area contributed by atoms with Crippen LogP contribution >= 0.6 is 0 Å². The monoisotopic (exact) mass is 252 g/mol. The quantitative estimate of drug-likeness (QED) is 0.891. The second-order valence-corrected chi connectivity index (χ2v) is 3.79. The molecular formula is C13H11F3N2. The van der Waals surface area contributed by atoms with Crippen molar-refractivity contribution in [1.82, 2.24) is 4.98 Å². The molecule has 2 rings (SSSR count). The lowest BCUT2D eigenvalue weighted by molar-refractivity contribution is -0.137. The van der Waals surface area contributed by atoms with Crippen LogP contribution in [-0.2, 0) is 12.7 Å². The van der Waals surface area contributed by atoms with Crippen molar-refractivity contribution >= 4 is 0 Å². The number of alkyl halides is 3. The van der Waals surface area contributed by atoms with Crippen LogP contribution in [0.4, 0.5) is 13.2 Å². The largest absolute Gasteiger partial charge is 0.417 e. The molecule has 0 amide bonds. The predicted molar refractivity (Wildman–Crippen MR) is 62.6 cm³/mol. The van der Waals surface area contributed by atoms with Crippen LogP contribution in [0, 0.1) is 0 Å². The zero-order valence-electron chi connectivity index (χ0n) is 9.41. The summed E-state index contributed by atoms with van der Waals surface area (Å²) in [4.78, 5) is 4.00. The van der Waals surface area contributed by atoms with Crippen molar-refractivity contribution in [3.8, 4) is 11.1 Å². The summed E-state index contributed by atoms with van der Waals surface area (Å²) in [6.07, 6.45) is -2.96. The highest BCUT2D eigenvalue weighted by Crippen LogP contribution is 2.36. The van der Waals surface area contributed by atoms with Gasteiger partial charge in [0.2, 0.25) is 0 Å². The third-order valence-corrected chi connectivity index (χ3v) is 2.58. The van der Waals surface area contributed by atoms with Crippen molar-refractivity contribution in [3.05, 3.63) is 53.9 Å². The Morgan fingerprint density at radius 1 is 1.06 bits per heavy atom. The number of nitrogens with zero attached hydrogens (tertiary/aromatic N) is 1. The molecule has 0 saturated carbocycles. The summed E-state index contributed by atoms with van der Waals surface area (Å²) in [7, 11) is 0. The maximum absolute atomic E-state index is 12.8. The molecule has 0 saturated heterocycles. The number of aromatic nitrogens is 1. The first-order chi connectivity index (χ1) is 8.52. The molecule has 5 heteroatoms. The standard InChI is InChI=1S/C13H11F3N2/c14-13(15,16)12-4-2-1-3-11(12)9-5-6-10(7-17)18-8-9/h1-6,8H,7,17H2. The molecule has 0 unspecified atom stereocenters. The molecule has 2 N–H and O–H groups in total. The second kappa shape index (κ2) is 4.78. The summed E-state index contributed by atoms with van der Waals surface area (Å²) < 4.78 is 38.5. The third kappa shape index (κ3) is 2.51. The van der Waals surface area contributed by atoms with E-state index >= 15 is 0 Å². The number of benzene rings is 1. The summed E-state index contributed by atoms with van der Waals surface area (Å²) in [5.41, 5.74) is 5.93. The van der Waals surface area contributed by atoms with E-state index in [2.05, 4.69) is 4.98 Å². The van der Waals surface area contributed by atoms with E-state index in [0.717, 1.165) is 6.07 Å². The van der Waals surface area contributed by atoms with E-state index in [1.54, 1.807) is 18.2 Å². The van der Waals surface area contributed by atoms with Crippen LogP contribution in [-0.4, -0.2) is 4.98 Å². The molecular weight excluding hydrogens is 241 g/mol. The Labute approximate surface area is 102 Å². The van der Waals surface area contributed by atoms with Gasteiger partial charge in [0, 0.05) is 18.3 Å². The van der Waals surface area contributed by atoms with Gasteiger partial charge in [-0.1, -0.05) is 24.3 Å². The van der Waals surface area contributed by atoms with Crippen LogP contribution in [0.3, 0.4) is 0 Å². The number of nitrogens with two attached hydrogens (primary N) is 1. The Bertz CT molecular complexity index is 533. The molecule has 18 heavy (non-hydrogen) atoms. The number of hydrogen-bond acceptors (Lipinski definition) is 2. The molecule has 0 radical (unpaired) electrons. The van der Waals surface area contributed by atoms with Crippen molar-refractivity contribution in [2.24, 2.45) is 5.73 Å². The first kappa shape index (κ1) is 12.6. The van der Waals surface area contributed by atoms with Crippen molar-refractivity contribution in [2.75, 3.05) is 0 Å². The van der Waals surface area contributed by atoms with E-state index < -0.39 is 11.7 Å². The van der Waals surface area contributed by atoms with Crippen LogP contribution in [0.2, 0.25) is 0 Å². The summed E-state index contributed by atoms with van der Waals surface area (Å²) in [6, 6.07) is 8.66. The van der Waals surface area contributed by atoms with Crippen LogP contribution in [0.5, 0.6) is 0 Å². The summed E-state index contributed by atoms with van der Waals surface area (Å²) in [5.74, 6) is 0. The molecule has 94 valence electrons. The van der Waals surface area contributed by atoms with Gasteiger partial charge in [-0.25, -0.2) is 0 Å². The van der Waals surface area contributed by atoms with Gasteiger partial charge in [-0.3, -0.25) is 4.98 Å². The Balaban J connectivity index is 2.50. The lowest BCUT2D eigenvalue weighted by Crippen LogP contribution is -2.07. The van der Waals surface area contributed by atoms with Gasteiger partial charge in [-0.05, 0) is 17.7 Å². The highest BCUT2D eigenvalue weighted by molar-refractivity contribution is 5.67. The van der Waals surface area contributed by atoms with E-state index in [4.69, 9.17) is 5.73 Å². The van der Waals surface area contributed by atoms with Gasteiger partial charge >= 0.3 is 6.18 Å².